The molecule has 0 amide bonds. The van der Waals surface area contributed by atoms with Crippen LogP contribution in [-0.2, 0) is 6.14 Å². The summed E-state index contributed by atoms with van der Waals surface area (Å²) in [5.41, 5.74) is 0. The molecule has 0 fully saturated rings. The summed E-state index contributed by atoms with van der Waals surface area (Å²) in [4.78, 5) is 0. The van der Waals surface area contributed by atoms with Crippen LogP contribution >= 0.6 is 19.8 Å². The van der Waals surface area contributed by atoms with E-state index in [-0.39, 0.29) is 5.75 Å². The summed E-state index contributed by atoms with van der Waals surface area (Å²) in [5.74, 6) is 0.0847. The van der Waals surface area contributed by atoms with E-state index in [1.54, 1.807) is 0 Å². The van der Waals surface area contributed by atoms with E-state index in [9.17, 15) is 6.14 Å². The lowest BCUT2D eigenvalue weighted by molar-refractivity contribution is 0.475. The van der Waals surface area contributed by atoms with Gasteiger partial charge in [-0.25, -0.2) is 6.14 Å². The Labute approximate surface area is 64.8 Å². The summed E-state index contributed by atoms with van der Waals surface area (Å²) in [5, 5.41) is 8.75. The number of phenols is 1. The van der Waals surface area contributed by atoms with Gasteiger partial charge in [0, 0.05) is 0 Å². The minimum atomic E-state index is -3.31. The molecule has 1 rings (SSSR count). The van der Waals surface area contributed by atoms with Crippen LogP contribution in [0.25, 0.3) is 0 Å². The average Bonchev–Trinajstić information content (AvgIpc) is 1.88. The Hall–Kier alpha value is -0.650. The summed E-state index contributed by atoms with van der Waals surface area (Å²) in [7, 11) is 0. The summed E-state index contributed by atoms with van der Waals surface area (Å²) < 4.78 is 21.0. The van der Waals surface area contributed by atoms with Gasteiger partial charge in [0.2, 0.25) is 0 Å². The van der Waals surface area contributed by atoms with Crippen molar-refractivity contribution in [2.45, 2.75) is 0 Å². The molecule has 4 heteroatoms. The van der Waals surface area contributed by atoms with Crippen LogP contribution < -0.4 is 0 Å². The van der Waals surface area contributed by atoms with Gasteiger partial charge >= 0.3 is 19.8 Å². The van der Waals surface area contributed by atoms with Crippen molar-refractivity contribution in [1.29, 1.82) is 0 Å². The molecule has 0 heterocycles. The minimum absolute atomic E-state index is 0.0847. The second-order valence-electron chi connectivity index (χ2n) is 1.69. The molecule has 0 aliphatic rings. The van der Waals surface area contributed by atoms with Gasteiger partial charge in [-0.15, -0.1) is 0 Å². The second kappa shape index (κ2) is 2.96. The molecule has 1 aromatic carbocycles. The van der Waals surface area contributed by atoms with Crippen molar-refractivity contribution in [2.24, 2.45) is 0 Å². The third kappa shape index (κ3) is 1.66. The Morgan fingerprint density at radius 3 is 2.00 bits per heavy atom. The Morgan fingerprint density at radius 2 is 1.60 bits per heavy atom. The molecule has 0 aromatic heterocycles. The van der Waals surface area contributed by atoms with Crippen molar-refractivity contribution < 1.29 is 11.2 Å². The third-order valence-corrected chi connectivity index (χ3v) is 2.74. The highest BCUT2D eigenvalue weighted by Gasteiger charge is 1.95. The van der Waals surface area contributed by atoms with Gasteiger partial charge in [-0.2, -0.15) is 0 Å². The highest BCUT2D eigenvalue weighted by molar-refractivity contribution is 14.2. The maximum Gasteiger partial charge on any atom is 0.340 e. The smallest absolute Gasteiger partial charge is 0.340 e. The van der Waals surface area contributed by atoms with Crippen molar-refractivity contribution in [2.75, 3.05) is 0 Å². The van der Waals surface area contributed by atoms with Gasteiger partial charge in [0.1, 0.15) is 5.75 Å². The van der Waals surface area contributed by atoms with Crippen molar-refractivity contribution in [1.82, 2.24) is 0 Å². The lowest BCUT2D eigenvalue weighted by Gasteiger charge is -1.87. The molecule has 0 aliphatic heterocycles. The van der Waals surface area contributed by atoms with Crippen LogP contribution in [0.4, 0.5) is 0 Å². The maximum atomic E-state index is 10.4. The molecule has 0 radical (unpaired) electrons. The number of aromatic hydroxyl groups is 1. The fourth-order valence-electron chi connectivity index (χ4n) is 0.544. The van der Waals surface area contributed by atoms with Crippen molar-refractivity contribution in [3.8, 4) is 5.75 Å². The molecule has 0 unspecified atom stereocenters. The molecule has 0 saturated carbocycles. The second-order valence-corrected chi connectivity index (χ2v) is 4.18. The molecule has 0 atom stereocenters. The lowest BCUT2D eigenvalue weighted by atomic mass is 10.3. The number of hydrogen-bond acceptors (Lipinski definition) is 3. The first-order valence-corrected chi connectivity index (χ1v) is 5.38. The number of phenolic OH excluding ortho intramolecular Hbond substituents is 1. The summed E-state index contributed by atoms with van der Waals surface area (Å²) in [6, 6.07) is 5.49. The van der Waals surface area contributed by atoms with E-state index in [4.69, 9.17) is 5.11 Å². The van der Waals surface area contributed by atoms with Crippen LogP contribution in [0.3, 0.4) is 0 Å². The zero-order valence-corrected chi connectivity index (χ0v) is 7.11. The zero-order chi connectivity index (χ0) is 7.56. The van der Waals surface area contributed by atoms with Crippen molar-refractivity contribution in [3.05, 3.63) is 27.8 Å². The first-order valence-electron chi connectivity index (χ1n) is 2.54. The van der Waals surface area contributed by atoms with Crippen LogP contribution in [0, 0.1) is 3.57 Å². The van der Waals surface area contributed by atoms with Crippen molar-refractivity contribution >= 4 is 19.8 Å². The van der Waals surface area contributed by atoms with Gasteiger partial charge in [-0.1, -0.05) is 0 Å². The first-order chi connectivity index (χ1) is 4.70. The predicted octanol–water partition coefficient (Wildman–Crippen LogP) is 1.76. The number of benzene rings is 1. The van der Waals surface area contributed by atoms with Gasteiger partial charge < -0.3 is 5.11 Å². The maximum absolute atomic E-state index is 10.4. The van der Waals surface area contributed by atoms with E-state index in [0.29, 0.717) is 3.57 Å². The van der Waals surface area contributed by atoms with E-state index in [1.807, 2.05) is 0 Å². The molecule has 3 nitrogen and oxygen atoms in total. The van der Waals surface area contributed by atoms with E-state index in [0.717, 1.165) is 0 Å². The molecule has 0 spiro atoms. The molecule has 0 saturated heterocycles. The van der Waals surface area contributed by atoms with Gasteiger partial charge in [-0.3, -0.25) is 0 Å². The average molecular weight is 252 g/mol. The quantitative estimate of drug-likeness (QED) is 0.774. The van der Waals surface area contributed by atoms with Crippen LogP contribution in [-0.4, -0.2) is 5.11 Å². The van der Waals surface area contributed by atoms with Gasteiger partial charge in [0.25, 0.3) is 0 Å². The summed E-state index contributed by atoms with van der Waals surface area (Å²) in [6.45, 7) is 0. The minimum Gasteiger partial charge on any atom is -0.508 e. The highest BCUT2D eigenvalue weighted by atomic mass is 127. The molecule has 1 aromatic rings. The van der Waals surface area contributed by atoms with Crippen LogP contribution in [0.15, 0.2) is 24.3 Å². The van der Waals surface area contributed by atoms with E-state index >= 15 is 0 Å². The molecule has 0 bridgehead atoms. The molecule has 54 valence electrons. The molecule has 0 aliphatic carbocycles. The molecule has 1 N–H and O–H groups in total. The Morgan fingerprint density at radius 1 is 1.10 bits per heavy atom. The third-order valence-electron chi connectivity index (χ3n) is 1.00. The predicted molar refractivity (Wildman–Crippen MR) is 42.2 cm³/mol. The largest absolute Gasteiger partial charge is 0.508 e. The van der Waals surface area contributed by atoms with Gasteiger partial charge in [-0.05, 0) is 24.3 Å². The Balaban J connectivity index is 3.12. The van der Waals surface area contributed by atoms with Crippen LogP contribution in [0.2, 0.25) is 0 Å². The molecular formula is C6H5IO3. The summed E-state index contributed by atoms with van der Waals surface area (Å²) in [6.07, 6.45) is 0. The topological polar surface area (TPSA) is 54.4 Å². The Kier molecular flexibility index (Phi) is 2.21. The van der Waals surface area contributed by atoms with Gasteiger partial charge in [0.15, 0.2) is 0 Å². The molecular weight excluding hydrogens is 247 g/mol. The fourth-order valence-corrected chi connectivity index (χ4v) is 1.49. The van der Waals surface area contributed by atoms with Gasteiger partial charge in [0.05, 0.1) is 3.57 Å². The lowest BCUT2D eigenvalue weighted by Crippen LogP contribution is -1.68. The SMILES string of the molecule is O=I(=O)c1ccc(O)cc1. The first kappa shape index (κ1) is 7.46. The fraction of sp³-hybridized carbons (Fsp3) is 0. The number of hydrogen-bond donors (Lipinski definition) is 1. The zero-order valence-electron chi connectivity index (χ0n) is 4.95. The standard InChI is InChI=1S/C6H5IO3/c8-6-3-1-5(2-4-6)7(9)10/h1-4,8H. The Bertz CT molecular complexity index is 278. The normalized spacial score (nSPS) is 10.1. The number of rotatable bonds is 1. The van der Waals surface area contributed by atoms with E-state index < -0.39 is 19.8 Å². The monoisotopic (exact) mass is 252 g/mol. The molecule has 10 heavy (non-hydrogen) atoms. The van der Waals surface area contributed by atoms with Crippen LogP contribution in [0.5, 0.6) is 5.75 Å². The van der Waals surface area contributed by atoms with E-state index in [1.165, 1.54) is 24.3 Å². The highest BCUT2D eigenvalue weighted by Crippen LogP contribution is 2.19. The van der Waals surface area contributed by atoms with Crippen molar-refractivity contribution in [3.63, 3.8) is 0 Å². The van der Waals surface area contributed by atoms with Crippen LogP contribution in [0.1, 0.15) is 0 Å². The summed E-state index contributed by atoms with van der Waals surface area (Å²) >= 11 is -3.31. The number of halogens is 1. The van der Waals surface area contributed by atoms with E-state index in [2.05, 4.69) is 0 Å².